The fraction of sp³-hybridized carbons (Fsp3) is 1.00. The summed E-state index contributed by atoms with van der Waals surface area (Å²) in [5, 5.41) is 14.0. The monoisotopic (exact) mass is 61.0 g/mol. The van der Waals surface area contributed by atoms with Crippen LogP contribution in [0.1, 0.15) is 7.43 Å². The molecule has 0 aromatic heterocycles. The fourth-order valence-corrected chi connectivity index (χ4v) is 0. The molecule has 0 spiro atoms. The SMILES string of the molecule is C.O[B]O. The van der Waals surface area contributed by atoms with E-state index in [0.29, 0.717) is 0 Å². The van der Waals surface area contributed by atoms with Gasteiger partial charge in [0.1, 0.15) is 0 Å². The Hall–Kier alpha value is -0.0151. The van der Waals surface area contributed by atoms with Crippen molar-refractivity contribution in [3.63, 3.8) is 0 Å². The topological polar surface area (TPSA) is 40.5 Å². The highest BCUT2D eigenvalue weighted by atomic mass is 16.4. The molecule has 1 radical (unpaired) electrons. The minimum absolute atomic E-state index is 0. The van der Waals surface area contributed by atoms with Gasteiger partial charge in [-0.15, -0.1) is 0 Å². The lowest BCUT2D eigenvalue weighted by molar-refractivity contribution is 0.448. The Morgan fingerprint density at radius 3 is 1.25 bits per heavy atom. The van der Waals surface area contributed by atoms with Crippen LogP contribution in [0.4, 0.5) is 0 Å². The summed E-state index contributed by atoms with van der Waals surface area (Å²) in [5.41, 5.74) is 0. The molecule has 3 heteroatoms. The Bertz CT molecular complexity index is 6.00. The first-order valence-electron chi connectivity index (χ1n) is 0.516. The van der Waals surface area contributed by atoms with Crippen LogP contribution >= 0.6 is 0 Å². The van der Waals surface area contributed by atoms with Gasteiger partial charge in [-0.3, -0.25) is 0 Å². The summed E-state index contributed by atoms with van der Waals surface area (Å²) in [6, 6.07) is 0. The highest BCUT2D eigenvalue weighted by Crippen LogP contribution is 1.08. The van der Waals surface area contributed by atoms with Gasteiger partial charge in [-0.1, -0.05) is 7.43 Å². The third kappa shape index (κ3) is 8480. The van der Waals surface area contributed by atoms with E-state index >= 15 is 0 Å². The van der Waals surface area contributed by atoms with Gasteiger partial charge in [-0.25, -0.2) is 0 Å². The minimum Gasteiger partial charge on any atom is -0.429 e. The molecule has 0 bridgehead atoms. The van der Waals surface area contributed by atoms with E-state index in [1.165, 1.54) is 0 Å². The van der Waals surface area contributed by atoms with Crippen molar-refractivity contribution in [1.82, 2.24) is 0 Å². The Kier molecular flexibility index (Phi) is 27.3. The number of hydrogen-bond acceptors (Lipinski definition) is 2. The van der Waals surface area contributed by atoms with Gasteiger partial charge >= 0.3 is 7.69 Å². The normalized spacial score (nSPS) is 3.50. The Balaban J connectivity index is 0. The van der Waals surface area contributed by atoms with Crippen molar-refractivity contribution < 1.29 is 10.0 Å². The molecule has 4 heavy (non-hydrogen) atoms. The van der Waals surface area contributed by atoms with E-state index in [1.807, 2.05) is 0 Å². The maximum absolute atomic E-state index is 7.00. The molecule has 0 aromatic rings. The zero-order valence-corrected chi connectivity index (χ0v) is 1.47. The van der Waals surface area contributed by atoms with Crippen molar-refractivity contribution in [3.8, 4) is 0 Å². The second-order valence-electron chi connectivity index (χ2n) is 0.115. The molecule has 25 valence electrons. The van der Waals surface area contributed by atoms with Gasteiger partial charge in [-0.05, 0) is 0 Å². The lowest BCUT2D eigenvalue weighted by atomic mass is 10.5. The van der Waals surface area contributed by atoms with Crippen LogP contribution in [0, 0.1) is 0 Å². The van der Waals surface area contributed by atoms with E-state index < -0.39 is 0 Å². The van der Waals surface area contributed by atoms with Crippen molar-refractivity contribution >= 4 is 7.69 Å². The van der Waals surface area contributed by atoms with Gasteiger partial charge in [0.05, 0.1) is 0 Å². The first-order chi connectivity index (χ1) is 1.41. The van der Waals surface area contributed by atoms with Crippen LogP contribution in [0.5, 0.6) is 0 Å². The molecule has 0 fully saturated rings. The van der Waals surface area contributed by atoms with E-state index in [2.05, 4.69) is 0 Å². The van der Waals surface area contributed by atoms with Gasteiger partial charge in [0.2, 0.25) is 0 Å². The van der Waals surface area contributed by atoms with Crippen LogP contribution in [0.2, 0.25) is 0 Å². The minimum atomic E-state index is 0. The summed E-state index contributed by atoms with van der Waals surface area (Å²) in [7, 11) is 0. The quantitative estimate of drug-likeness (QED) is 0.358. The van der Waals surface area contributed by atoms with E-state index in [0.717, 1.165) is 0 Å². The Labute approximate surface area is 26.4 Å². The van der Waals surface area contributed by atoms with Gasteiger partial charge in [0, 0.05) is 0 Å². The lowest BCUT2D eigenvalue weighted by Crippen LogP contribution is -1.75. The van der Waals surface area contributed by atoms with E-state index in [4.69, 9.17) is 10.0 Å². The predicted molar refractivity (Wildman–Crippen MR) is 16.9 cm³/mol. The molecule has 0 aromatic carbocycles. The zero-order chi connectivity index (χ0) is 2.71. The fourth-order valence-electron chi connectivity index (χ4n) is 0. The molecule has 0 aliphatic heterocycles. The van der Waals surface area contributed by atoms with Crippen molar-refractivity contribution in [1.29, 1.82) is 0 Å². The van der Waals surface area contributed by atoms with Crippen molar-refractivity contribution in [2.45, 2.75) is 7.43 Å². The molecule has 0 aliphatic carbocycles. The molecular weight excluding hydrogens is 54.8 g/mol. The van der Waals surface area contributed by atoms with Gasteiger partial charge in [-0.2, -0.15) is 0 Å². The number of rotatable bonds is 0. The van der Waals surface area contributed by atoms with Gasteiger partial charge in [0.15, 0.2) is 0 Å². The third-order valence-electron chi connectivity index (χ3n) is 0. The maximum Gasteiger partial charge on any atom is 0.482 e. The molecule has 0 heterocycles. The smallest absolute Gasteiger partial charge is 0.429 e. The Morgan fingerprint density at radius 1 is 1.25 bits per heavy atom. The molecule has 0 saturated carbocycles. The largest absolute Gasteiger partial charge is 0.482 e. The second-order valence-corrected chi connectivity index (χ2v) is 0.115. The van der Waals surface area contributed by atoms with Crippen LogP contribution < -0.4 is 0 Å². The van der Waals surface area contributed by atoms with E-state index in [9.17, 15) is 0 Å². The highest BCUT2D eigenvalue weighted by Gasteiger charge is 1.51. The Morgan fingerprint density at radius 2 is 1.25 bits per heavy atom. The predicted octanol–water partition coefficient (Wildman–Crippen LogP) is -0.859. The van der Waals surface area contributed by atoms with Crippen LogP contribution in [-0.4, -0.2) is 17.7 Å². The van der Waals surface area contributed by atoms with Gasteiger partial charge in [0.25, 0.3) is 0 Å². The van der Waals surface area contributed by atoms with Crippen molar-refractivity contribution in [2.24, 2.45) is 0 Å². The van der Waals surface area contributed by atoms with Crippen molar-refractivity contribution in [2.75, 3.05) is 0 Å². The standard InChI is InChI=1S/CH4.BH2O2/c;2-1-3/h1H4;2-3H. The second kappa shape index (κ2) is 12.1. The van der Waals surface area contributed by atoms with Crippen LogP contribution in [0.3, 0.4) is 0 Å². The van der Waals surface area contributed by atoms with Crippen LogP contribution in [0.15, 0.2) is 0 Å². The third-order valence-corrected chi connectivity index (χ3v) is 0. The summed E-state index contributed by atoms with van der Waals surface area (Å²) in [4.78, 5) is 0. The average Bonchev–Trinajstić information content (AvgIpc) is 0.918. The van der Waals surface area contributed by atoms with Crippen LogP contribution in [0.25, 0.3) is 0 Å². The summed E-state index contributed by atoms with van der Waals surface area (Å²) in [6.07, 6.45) is 0. The summed E-state index contributed by atoms with van der Waals surface area (Å²) < 4.78 is 0. The average molecular weight is 60.9 g/mol. The molecule has 0 amide bonds. The summed E-state index contributed by atoms with van der Waals surface area (Å²) >= 11 is 0. The lowest BCUT2D eigenvalue weighted by Gasteiger charge is -1.46. The maximum atomic E-state index is 7.00. The first kappa shape index (κ1) is 9.01. The van der Waals surface area contributed by atoms with E-state index in [1.54, 1.807) is 0 Å². The molecule has 2 nitrogen and oxygen atoms in total. The highest BCUT2D eigenvalue weighted by molar-refractivity contribution is 6.13. The summed E-state index contributed by atoms with van der Waals surface area (Å²) in [5.74, 6) is 0. The molecule has 0 atom stereocenters. The summed E-state index contributed by atoms with van der Waals surface area (Å²) in [6.45, 7) is 0. The first-order valence-corrected chi connectivity index (χ1v) is 0.516. The molecule has 2 N–H and O–H groups in total. The molecular formula is CH6BO2. The molecule has 0 aliphatic rings. The van der Waals surface area contributed by atoms with Crippen molar-refractivity contribution in [3.05, 3.63) is 0 Å². The van der Waals surface area contributed by atoms with E-state index in [-0.39, 0.29) is 15.1 Å². The van der Waals surface area contributed by atoms with Crippen LogP contribution in [-0.2, 0) is 0 Å². The van der Waals surface area contributed by atoms with Gasteiger partial charge < -0.3 is 10.0 Å². The molecule has 0 saturated heterocycles. The zero-order valence-electron chi connectivity index (χ0n) is 1.47. The molecule has 0 rings (SSSR count). The molecule has 0 unspecified atom stereocenters. The number of hydrogen-bond donors (Lipinski definition) is 2.